The average molecular weight is 362 g/mol. The first kappa shape index (κ1) is 18.1. The van der Waals surface area contributed by atoms with E-state index in [9.17, 15) is 8.42 Å². The quantitative estimate of drug-likeness (QED) is 0.840. The van der Waals surface area contributed by atoms with Crippen molar-refractivity contribution in [1.82, 2.24) is 14.1 Å². The van der Waals surface area contributed by atoms with Crippen LogP contribution < -0.4 is 0 Å². The molecule has 136 valence electrons. The zero-order valence-corrected chi connectivity index (χ0v) is 16.3. The van der Waals surface area contributed by atoms with Crippen molar-refractivity contribution >= 4 is 10.0 Å². The van der Waals surface area contributed by atoms with Gasteiger partial charge in [-0.2, -0.15) is 9.40 Å². The molecule has 1 aromatic carbocycles. The molecule has 0 N–H and O–H groups in total. The first-order valence-corrected chi connectivity index (χ1v) is 10.3. The van der Waals surface area contributed by atoms with Crippen LogP contribution in [0.2, 0.25) is 0 Å². The molecule has 1 saturated heterocycles. The van der Waals surface area contributed by atoms with Gasteiger partial charge in [0.2, 0.25) is 10.0 Å². The van der Waals surface area contributed by atoms with Crippen molar-refractivity contribution in [1.29, 1.82) is 0 Å². The van der Waals surface area contributed by atoms with Gasteiger partial charge in [-0.05, 0) is 75.8 Å². The average Bonchev–Trinajstić information content (AvgIpc) is 2.88. The van der Waals surface area contributed by atoms with E-state index in [1.54, 1.807) is 16.4 Å². The molecule has 25 heavy (non-hydrogen) atoms. The van der Waals surface area contributed by atoms with Gasteiger partial charge >= 0.3 is 0 Å². The number of hydrogen-bond acceptors (Lipinski definition) is 3. The van der Waals surface area contributed by atoms with E-state index in [1.165, 1.54) is 5.69 Å². The SMILES string of the molecule is Cc1cc(C)n(CC2CCN(S(=O)(=O)c3ccc(C)c(C)c3)CC2)n1. The highest BCUT2D eigenvalue weighted by Crippen LogP contribution is 2.26. The summed E-state index contributed by atoms with van der Waals surface area (Å²) in [6.07, 6.45) is 1.75. The zero-order valence-electron chi connectivity index (χ0n) is 15.5. The van der Waals surface area contributed by atoms with E-state index < -0.39 is 10.0 Å². The molecule has 0 atom stereocenters. The predicted octanol–water partition coefficient (Wildman–Crippen LogP) is 3.22. The standard InChI is InChI=1S/C19H27N3O2S/c1-14-5-6-19(11-15(14)2)25(23,24)21-9-7-18(8-10-21)13-22-17(4)12-16(3)20-22/h5-6,11-12,18H,7-10,13H2,1-4H3. The second-order valence-electron chi connectivity index (χ2n) is 7.20. The Morgan fingerprint density at radius 3 is 2.28 bits per heavy atom. The fraction of sp³-hybridized carbons (Fsp3) is 0.526. The highest BCUT2D eigenvalue weighted by atomic mass is 32.2. The highest BCUT2D eigenvalue weighted by molar-refractivity contribution is 7.89. The fourth-order valence-electron chi connectivity index (χ4n) is 3.46. The second-order valence-corrected chi connectivity index (χ2v) is 9.14. The monoisotopic (exact) mass is 361 g/mol. The van der Waals surface area contributed by atoms with Gasteiger partial charge in [0.15, 0.2) is 0 Å². The molecule has 6 heteroatoms. The Kier molecular flexibility index (Phi) is 5.02. The number of aromatic nitrogens is 2. The van der Waals surface area contributed by atoms with Crippen LogP contribution in [0.25, 0.3) is 0 Å². The number of rotatable bonds is 4. The summed E-state index contributed by atoms with van der Waals surface area (Å²) in [5.41, 5.74) is 4.33. The van der Waals surface area contributed by atoms with Crippen LogP contribution in [-0.4, -0.2) is 35.6 Å². The minimum atomic E-state index is -3.39. The molecule has 0 aliphatic carbocycles. The maximum Gasteiger partial charge on any atom is 0.243 e. The van der Waals surface area contributed by atoms with Crippen molar-refractivity contribution < 1.29 is 8.42 Å². The lowest BCUT2D eigenvalue weighted by Crippen LogP contribution is -2.39. The lowest BCUT2D eigenvalue weighted by Gasteiger charge is -2.31. The van der Waals surface area contributed by atoms with E-state index in [1.807, 2.05) is 31.5 Å². The fourth-order valence-corrected chi connectivity index (χ4v) is 5.02. The van der Waals surface area contributed by atoms with Crippen LogP contribution >= 0.6 is 0 Å². The van der Waals surface area contributed by atoms with E-state index in [2.05, 4.69) is 18.1 Å². The van der Waals surface area contributed by atoms with E-state index >= 15 is 0 Å². The van der Waals surface area contributed by atoms with Crippen LogP contribution in [0, 0.1) is 33.6 Å². The number of benzene rings is 1. The van der Waals surface area contributed by atoms with Crippen molar-refractivity contribution in [2.24, 2.45) is 5.92 Å². The Bertz CT molecular complexity index is 863. The summed E-state index contributed by atoms with van der Waals surface area (Å²) in [4.78, 5) is 0.410. The lowest BCUT2D eigenvalue weighted by molar-refractivity contribution is 0.246. The van der Waals surface area contributed by atoms with Gasteiger partial charge in [0, 0.05) is 25.3 Å². The van der Waals surface area contributed by atoms with Crippen LogP contribution in [0.1, 0.15) is 35.4 Å². The molecule has 2 heterocycles. The first-order valence-electron chi connectivity index (χ1n) is 8.86. The van der Waals surface area contributed by atoms with Crippen molar-refractivity contribution in [2.75, 3.05) is 13.1 Å². The van der Waals surface area contributed by atoms with Crippen LogP contribution in [-0.2, 0) is 16.6 Å². The molecule has 0 spiro atoms. The van der Waals surface area contributed by atoms with Gasteiger partial charge in [-0.1, -0.05) is 6.07 Å². The molecule has 0 bridgehead atoms. The summed E-state index contributed by atoms with van der Waals surface area (Å²) in [6, 6.07) is 7.48. The molecule has 2 aromatic rings. The Morgan fingerprint density at radius 1 is 1.04 bits per heavy atom. The minimum Gasteiger partial charge on any atom is -0.269 e. The lowest BCUT2D eigenvalue weighted by atomic mass is 9.98. The normalized spacial score (nSPS) is 17.1. The number of piperidine rings is 1. The molecule has 1 aliphatic rings. The molecule has 0 saturated carbocycles. The van der Waals surface area contributed by atoms with Crippen molar-refractivity contribution in [3.8, 4) is 0 Å². The van der Waals surface area contributed by atoms with E-state index in [4.69, 9.17) is 0 Å². The van der Waals surface area contributed by atoms with Crippen LogP contribution in [0.15, 0.2) is 29.2 Å². The molecule has 5 nitrogen and oxygen atoms in total. The van der Waals surface area contributed by atoms with E-state index in [-0.39, 0.29) is 0 Å². The molecule has 1 fully saturated rings. The van der Waals surface area contributed by atoms with Crippen LogP contribution in [0.3, 0.4) is 0 Å². The van der Waals surface area contributed by atoms with E-state index in [0.29, 0.717) is 23.9 Å². The summed E-state index contributed by atoms with van der Waals surface area (Å²) in [6.45, 7) is 10.1. The van der Waals surface area contributed by atoms with Gasteiger partial charge < -0.3 is 0 Å². The summed E-state index contributed by atoms with van der Waals surface area (Å²) >= 11 is 0. The molecular weight excluding hydrogens is 334 g/mol. The summed E-state index contributed by atoms with van der Waals surface area (Å²) in [5, 5.41) is 4.52. The minimum absolute atomic E-state index is 0.410. The Morgan fingerprint density at radius 2 is 1.72 bits per heavy atom. The van der Waals surface area contributed by atoms with Crippen molar-refractivity contribution in [3.05, 3.63) is 46.8 Å². The maximum atomic E-state index is 12.9. The van der Waals surface area contributed by atoms with Crippen LogP contribution in [0.5, 0.6) is 0 Å². The summed E-state index contributed by atoms with van der Waals surface area (Å²) in [7, 11) is -3.39. The topological polar surface area (TPSA) is 55.2 Å². The largest absolute Gasteiger partial charge is 0.269 e. The highest BCUT2D eigenvalue weighted by Gasteiger charge is 2.29. The van der Waals surface area contributed by atoms with Gasteiger partial charge in [0.1, 0.15) is 0 Å². The van der Waals surface area contributed by atoms with Gasteiger partial charge in [0.25, 0.3) is 0 Å². The second kappa shape index (κ2) is 6.92. The van der Waals surface area contributed by atoms with E-state index in [0.717, 1.165) is 36.2 Å². The Balaban J connectivity index is 1.66. The van der Waals surface area contributed by atoms with Gasteiger partial charge in [-0.15, -0.1) is 0 Å². The van der Waals surface area contributed by atoms with Gasteiger partial charge in [-0.3, -0.25) is 4.68 Å². The number of nitrogens with zero attached hydrogens (tertiary/aromatic N) is 3. The molecular formula is C19H27N3O2S. The smallest absolute Gasteiger partial charge is 0.243 e. The number of aryl methyl sites for hydroxylation is 4. The molecule has 0 radical (unpaired) electrons. The molecule has 0 unspecified atom stereocenters. The number of sulfonamides is 1. The first-order chi connectivity index (χ1) is 11.8. The number of hydrogen-bond donors (Lipinski definition) is 0. The maximum absolute atomic E-state index is 12.9. The van der Waals surface area contributed by atoms with Gasteiger partial charge in [-0.25, -0.2) is 8.42 Å². The van der Waals surface area contributed by atoms with Crippen LogP contribution in [0.4, 0.5) is 0 Å². The third-order valence-corrected chi connectivity index (χ3v) is 7.12. The van der Waals surface area contributed by atoms with Crippen molar-refractivity contribution in [3.63, 3.8) is 0 Å². The summed E-state index contributed by atoms with van der Waals surface area (Å²) in [5.74, 6) is 0.476. The van der Waals surface area contributed by atoms with Gasteiger partial charge in [0.05, 0.1) is 10.6 Å². The third-order valence-electron chi connectivity index (χ3n) is 5.22. The molecule has 1 aliphatic heterocycles. The molecule has 0 amide bonds. The Labute approximate surface area is 150 Å². The Hall–Kier alpha value is -1.66. The molecule has 1 aromatic heterocycles. The molecule has 3 rings (SSSR count). The van der Waals surface area contributed by atoms with Crippen molar-refractivity contribution in [2.45, 2.75) is 52.0 Å². The predicted molar refractivity (Wildman–Crippen MR) is 99.1 cm³/mol. The summed E-state index contributed by atoms with van der Waals surface area (Å²) < 4.78 is 29.4. The third kappa shape index (κ3) is 3.80. The zero-order chi connectivity index (χ0) is 18.2.